The lowest BCUT2D eigenvalue weighted by Gasteiger charge is -2.24. The molecule has 8 aromatic rings. The molecule has 0 aliphatic rings. The Hall–Kier alpha value is -6.26. The largest absolute Gasteiger partial charge is 0.507 e. The smallest absolute Gasteiger partial charge is 0.149 e. The average molecular weight is 760 g/mol. The number of rotatable bonds is 6. The van der Waals surface area contributed by atoms with E-state index in [2.05, 4.69) is 182 Å². The van der Waals surface area contributed by atoms with E-state index >= 15 is 0 Å². The van der Waals surface area contributed by atoms with Gasteiger partial charge >= 0.3 is 0 Å². The van der Waals surface area contributed by atoms with Gasteiger partial charge in [0.1, 0.15) is 11.6 Å². The van der Waals surface area contributed by atoms with Gasteiger partial charge in [-0.05, 0) is 104 Å². The molecule has 4 heteroatoms. The summed E-state index contributed by atoms with van der Waals surface area (Å²) in [6.45, 7) is 20.3. The van der Waals surface area contributed by atoms with E-state index in [0.717, 1.165) is 61.4 Å². The minimum atomic E-state index is -0.124. The number of phenolic OH excluding ortho intramolecular Hbond substituents is 1. The highest BCUT2D eigenvalue weighted by Crippen LogP contribution is 2.43. The summed E-state index contributed by atoms with van der Waals surface area (Å²) in [6.07, 6.45) is 1.90. The fourth-order valence-corrected chi connectivity index (χ4v) is 7.76. The molecule has 8 rings (SSSR count). The van der Waals surface area contributed by atoms with Gasteiger partial charge in [0.15, 0.2) is 0 Å². The number of aromatic nitrogens is 3. The molecule has 0 saturated carbocycles. The van der Waals surface area contributed by atoms with Gasteiger partial charge in [0.05, 0.1) is 28.0 Å². The zero-order valence-corrected chi connectivity index (χ0v) is 35.2. The fourth-order valence-electron chi connectivity index (χ4n) is 7.76. The van der Waals surface area contributed by atoms with Crippen LogP contribution in [-0.2, 0) is 16.2 Å². The minimum Gasteiger partial charge on any atom is -0.507 e. The van der Waals surface area contributed by atoms with Crippen molar-refractivity contribution in [2.45, 2.75) is 78.6 Å². The summed E-state index contributed by atoms with van der Waals surface area (Å²) < 4.78 is 2.26. The van der Waals surface area contributed by atoms with Crippen molar-refractivity contribution in [2.24, 2.45) is 0 Å². The zero-order valence-electron chi connectivity index (χ0n) is 35.2. The van der Waals surface area contributed by atoms with E-state index < -0.39 is 0 Å². The molecule has 0 aliphatic carbocycles. The summed E-state index contributed by atoms with van der Waals surface area (Å²) in [7, 11) is 0. The van der Waals surface area contributed by atoms with Crippen LogP contribution in [0.2, 0.25) is 0 Å². The number of imidazole rings is 1. The van der Waals surface area contributed by atoms with Gasteiger partial charge in [0.2, 0.25) is 0 Å². The predicted octanol–water partition coefficient (Wildman–Crippen LogP) is 14.4. The van der Waals surface area contributed by atoms with E-state index in [4.69, 9.17) is 9.97 Å². The number of benzene rings is 6. The van der Waals surface area contributed by atoms with Crippen LogP contribution in [0.25, 0.3) is 72.7 Å². The van der Waals surface area contributed by atoms with E-state index in [0.29, 0.717) is 11.4 Å². The molecule has 0 spiro atoms. The second-order valence-corrected chi connectivity index (χ2v) is 18.6. The van der Waals surface area contributed by atoms with Crippen LogP contribution < -0.4 is 0 Å². The zero-order chi connectivity index (χ0) is 41.0. The molecule has 2 aromatic heterocycles. The Balaban J connectivity index is 1.40. The fraction of sp³-hybridized carbons (Fsp3) is 0.222. The molecule has 6 aromatic carbocycles. The first kappa shape index (κ1) is 38.6. The van der Waals surface area contributed by atoms with Crippen LogP contribution in [0, 0.1) is 0 Å². The first-order valence-corrected chi connectivity index (χ1v) is 20.3. The highest BCUT2D eigenvalue weighted by Gasteiger charge is 2.25. The van der Waals surface area contributed by atoms with Gasteiger partial charge in [0, 0.05) is 22.9 Å². The molecule has 0 radical (unpaired) electrons. The summed E-state index contributed by atoms with van der Waals surface area (Å²) in [5, 5.41) is 11.5. The van der Waals surface area contributed by atoms with Crippen LogP contribution in [-0.4, -0.2) is 19.6 Å². The lowest BCUT2D eigenvalue weighted by molar-refractivity contribution is 0.477. The number of pyridine rings is 1. The van der Waals surface area contributed by atoms with Crippen LogP contribution in [0.5, 0.6) is 5.75 Å². The summed E-state index contributed by atoms with van der Waals surface area (Å²) >= 11 is 0. The molecule has 0 bridgehead atoms. The molecule has 0 saturated heterocycles. The number of hydrogen-bond donors (Lipinski definition) is 1. The third-order valence-electron chi connectivity index (χ3n) is 11.3. The lowest BCUT2D eigenvalue weighted by atomic mass is 9.83. The maximum Gasteiger partial charge on any atom is 0.149 e. The highest BCUT2D eigenvalue weighted by molar-refractivity contribution is 5.97. The van der Waals surface area contributed by atoms with Gasteiger partial charge < -0.3 is 5.11 Å². The van der Waals surface area contributed by atoms with E-state index in [1.807, 2.05) is 30.5 Å². The Morgan fingerprint density at radius 3 is 1.78 bits per heavy atom. The third-order valence-corrected chi connectivity index (χ3v) is 11.3. The molecule has 0 unspecified atom stereocenters. The van der Waals surface area contributed by atoms with Crippen molar-refractivity contribution in [1.82, 2.24) is 14.5 Å². The van der Waals surface area contributed by atoms with E-state index in [1.54, 1.807) is 6.07 Å². The van der Waals surface area contributed by atoms with Crippen LogP contribution >= 0.6 is 0 Å². The number of phenols is 1. The van der Waals surface area contributed by atoms with Crippen LogP contribution in [0.15, 0.2) is 152 Å². The van der Waals surface area contributed by atoms with Crippen molar-refractivity contribution in [3.05, 3.63) is 168 Å². The van der Waals surface area contributed by atoms with Gasteiger partial charge in [-0.15, -0.1) is 0 Å². The Morgan fingerprint density at radius 1 is 0.448 bits per heavy atom. The van der Waals surface area contributed by atoms with Gasteiger partial charge in [-0.1, -0.05) is 159 Å². The van der Waals surface area contributed by atoms with Gasteiger partial charge in [0.25, 0.3) is 0 Å². The number of hydrogen-bond acceptors (Lipinski definition) is 3. The number of aromatic hydroxyl groups is 1. The standard InChI is InChI=1S/C54H53N3O/c1-52(2,3)40-24-22-36(23-25-40)43-27-26-41(53(4,5)6)34-48(43)57-47-20-15-19-44(50(47)56-51(57)45-18-13-14-21-49(45)58)38-30-39(32-42(31-38)54(7,8)9)46-33-37(28-29-55-46)35-16-11-10-12-17-35/h10-34,58H,1-9H3. The summed E-state index contributed by atoms with van der Waals surface area (Å²) in [5.41, 5.74) is 15.6. The Bertz CT molecular complexity index is 2770. The predicted molar refractivity (Wildman–Crippen MR) is 244 cm³/mol. The van der Waals surface area contributed by atoms with E-state index in [9.17, 15) is 5.11 Å². The normalized spacial score (nSPS) is 12.3. The Labute approximate surface area is 343 Å². The minimum absolute atomic E-state index is 0.0390. The van der Waals surface area contributed by atoms with E-state index in [1.165, 1.54) is 16.7 Å². The Kier molecular flexibility index (Phi) is 9.72. The SMILES string of the molecule is CC(C)(C)c1ccc(-c2ccc(C(C)(C)C)cc2-n2c(-c3ccccc3O)nc3c(-c4cc(-c5cc(-c6ccccc6)ccn5)cc(C(C)(C)C)c4)cccc32)cc1. The molecule has 0 fully saturated rings. The molecular weight excluding hydrogens is 707 g/mol. The first-order valence-electron chi connectivity index (χ1n) is 20.3. The third kappa shape index (κ3) is 7.47. The number of para-hydroxylation sites is 2. The molecule has 1 N–H and O–H groups in total. The topological polar surface area (TPSA) is 50.9 Å². The molecule has 0 aliphatic heterocycles. The molecule has 0 atom stereocenters. The van der Waals surface area contributed by atoms with E-state index in [-0.39, 0.29) is 22.0 Å². The van der Waals surface area contributed by atoms with Crippen LogP contribution in [0.4, 0.5) is 0 Å². The van der Waals surface area contributed by atoms with Crippen LogP contribution in [0.1, 0.15) is 79.0 Å². The molecule has 290 valence electrons. The molecular formula is C54H53N3O. The summed E-state index contributed by atoms with van der Waals surface area (Å²) in [4.78, 5) is 10.4. The summed E-state index contributed by atoms with van der Waals surface area (Å²) in [5.74, 6) is 0.869. The molecule has 0 amide bonds. The highest BCUT2D eigenvalue weighted by atomic mass is 16.3. The lowest BCUT2D eigenvalue weighted by Crippen LogP contribution is -2.13. The van der Waals surface area contributed by atoms with Gasteiger partial charge in [-0.25, -0.2) is 4.98 Å². The second-order valence-electron chi connectivity index (χ2n) is 18.6. The van der Waals surface area contributed by atoms with Crippen molar-refractivity contribution >= 4 is 11.0 Å². The quantitative estimate of drug-likeness (QED) is 0.184. The van der Waals surface area contributed by atoms with Crippen LogP contribution in [0.3, 0.4) is 0 Å². The molecule has 2 heterocycles. The summed E-state index contributed by atoms with van der Waals surface area (Å²) in [6, 6.07) is 51.3. The first-order chi connectivity index (χ1) is 27.6. The molecule has 58 heavy (non-hydrogen) atoms. The number of nitrogens with zero attached hydrogens (tertiary/aromatic N) is 3. The van der Waals surface area contributed by atoms with Gasteiger partial charge in [-0.3, -0.25) is 9.55 Å². The van der Waals surface area contributed by atoms with Crippen molar-refractivity contribution < 1.29 is 5.11 Å². The average Bonchev–Trinajstić information content (AvgIpc) is 3.59. The monoisotopic (exact) mass is 759 g/mol. The van der Waals surface area contributed by atoms with Crippen molar-refractivity contribution in [1.29, 1.82) is 0 Å². The second kappa shape index (κ2) is 14.6. The van der Waals surface area contributed by atoms with Gasteiger partial charge in [-0.2, -0.15) is 0 Å². The molecule has 4 nitrogen and oxygen atoms in total. The number of fused-ring (bicyclic) bond motifs is 1. The van der Waals surface area contributed by atoms with Crippen molar-refractivity contribution in [2.75, 3.05) is 0 Å². The maximum absolute atomic E-state index is 11.5. The van der Waals surface area contributed by atoms with Crippen molar-refractivity contribution in [3.63, 3.8) is 0 Å². The Morgan fingerprint density at radius 2 is 1.09 bits per heavy atom. The van der Waals surface area contributed by atoms with Crippen molar-refractivity contribution in [3.8, 4) is 67.5 Å². The maximum atomic E-state index is 11.5.